The highest BCUT2D eigenvalue weighted by Crippen LogP contribution is 2.33. The molecule has 1 N–H and O–H groups in total. The summed E-state index contributed by atoms with van der Waals surface area (Å²) in [5.74, 6) is -2.22. The first-order valence-corrected chi connectivity index (χ1v) is 5.16. The first-order valence-electron chi connectivity index (χ1n) is 5.16. The van der Waals surface area contributed by atoms with E-state index in [1.54, 1.807) is 6.92 Å². The maximum atomic E-state index is 12.4. The third-order valence-corrected chi connectivity index (χ3v) is 2.29. The minimum absolute atomic E-state index is 0.0449. The molecule has 0 aliphatic carbocycles. The fraction of sp³-hybridized carbons (Fsp3) is 0.900. The number of alkyl halides is 3. The lowest BCUT2D eigenvalue weighted by molar-refractivity contribution is -0.178. The summed E-state index contributed by atoms with van der Waals surface area (Å²) in [5.41, 5.74) is 0. The number of carboxylic acids is 1. The van der Waals surface area contributed by atoms with Crippen LogP contribution in [0.3, 0.4) is 0 Å². The first kappa shape index (κ1) is 14.3. The Hall–Kier alpha value is -0.740. The predicted octanol–water partition coefficient (Wildman–Crippen LogP) is 3.61. The van der Waals surface area contributed by atoms with E-state index in [-0.39, 0.29) is 19.3 Å². The van der Waals surface area contributed by atoms with Gasteiger partial charge in [0, 0.05) is 6.42 Å². The molecule has 0 aliphatic heterocycles. The van der Waals surface area contributed by atoms with Crippen LogP contribution in [0.25, 0.3) is 0 Å². The van der Waals surface area contributed by atoms with Gasteiger partial charge in [0.1, 0.15) is 0 Å². The van der Waals surface area contributed by atoms with Crippen LogP contribution in [0.4, 0.5) is 13.2 Å². The highest BCUT2D eigenvalue weighted by atomic mass is 19.4. The standard InChI is InChI=1S/C10H17F3O2/c1-2-5-8(10(11,12)13)6-3-4-7-9(14)15/h8H,2-7H2,1H3,(H,14,15). The van der Waals surface area contributed by atoms with Crippen molar-refractivity contribution in [2.75, 3.05) is 0 Å². The lowest BCUT2D eigenvalue weighted by Crippen LogP contribution is -2.22. The maximum absolute atomic E-state index is 12.4. The average Bonchev–Trinajstić information content (AvgIpc) is 2.08. The normalized spacial score (nSPS) is 13.9. The lowest BCUT2D eigenvalue weighted by atomic mass is 9.96. The second-order valence-corrected chi connectivity index (χ2v) is 3.67. The van der Waals surface area contributed by atoms with Gasteiger partial charge in [-0.3, -0.25) is 4.79 Å². The Balaban J connectivity index is 3.82. The summed E-state index contributed by atoms with van der Waals surface area (Å²) in [6.45, 7) is 1.72. The van der Waals surface area contributed by atoms with E-state index < -0.39 is 18.1 Å². The van der Waals surface area contributed by atoms with Crippen LogP contribution in [-0.2, 0) is 4.79 Å². The molecule has 1 atom stereocenters. The van der Waals surface area contributed by atoms with Crippen LogP contribution in [-0.4, -0.2) is 17.3 Å². The van der Waals surface area contributed by atoms with E-state index in [2.05, 4.69) is 0 Å². The lowest BCUT2D eigenvalue weighted by Gasteiger charge is -2.19. The molecule has 0 radical (unpaired) electrons. The molecule has 0 bridgehead atoms. The summed E-state index contributed by atoms with van der Waals surface area (Å²) < 4.78 is 37.1. The zero-order valence-electron chi connectivity index (χ0n) is 8.81. The van der Waals surface area contributed by atoms with Gasteiger partial charge in [0.05, 0.1) is 5.92 Å². The smallest absolute Gasteiger partial charge is 0.391 e. The van der Waals surface area contributed by atoms with Gasteiger partial charge in [0.2, 0.25) is 0 Å². The summed E-state index contributed by atoms with van der Waals surface area (Å²) in [6.07, 6.45) is -2.84. The minimum atomic E-state index is -4.14. The topological polar surface area (TPSA) is 37.3 Å². The van der Waals surface area contributed by atoms with Gasteiger partial charge in [-0.25, -0.2) is 0 Å². The zero-order chi connectivity index (χ0) is 11.9. The third-order valence-electron chi connectivity index (χ3n) is 2.29. The molecule has 0 spiro atoms. The van der Waals surface area contributed by atoms with Crippen LogP contribution in [0.5, 0.6) is 0 Å². The molecule has 1 unspecified atom stereocenters. The molecule has 5 heteroatoms. The van der Waals surface area contributed by atoms with Crippen molar-refractivity contribution in [1.82, 2.24) is 0 Å². The summed E-state index contributed by atoms with van der Waals surface area (Å²) >= 11 is 0. The molecule has 90 valence electrons. The van der Waals surface area contributed by atoms with E-state index in [4.69, 9.17) is 5.11 Å². The van der Waals surface area contributed by atoms with Crippen LogP contribution in [0.15, 0.2) is 0 Å². The zero-order valence-corrected chi connectivity index (χ0v) is 8.81. The number of rotatable bonds is 7. The van der Waals surface area contributed by atoms with Crippen molar-refractivity contribution >= 4 is 5.97 Å². The van der Waals surface area contributed by atoms with E-state index >= 15 is 0 Å². The van der Waals surface area contributed by atoms with Crippen molar-refractivity contribution in [1.29, 1.82) is 0 Å². The molecule has 0 rings (SSSR count). The number of halogens is 3. The van der Waals surface area contributed by atoms with Gasteiger partial charge in [0.25, 0.3) is 0 Å². The van der Waals surface area contributed by atoms with Crippen molar-refractivity contribution in [2.45, 2.75) is 51.6 Å². The van der Waals surface area contributed by atoms with Gasteiger partial charge < -0.3 is 5.11 Å². The fourth-order valence-corrected chi connectivity index (χ4v) is 1.49. The summed E-state index contributed by atoms with van der Waals surface area (Å²) in [4.78, 5) is 10.1. The van der Waals surface area contributed by atoms with Crippen LogP contribution in [0.1, 0.15) is 45.4 Å². The molecule has 0 saturated carbocycles. The van der Waals surface area contributed by atoms with E-state index in [1.807, 2.05) is 0 Å². The van der Waals surface area contributed by atoms with E-state index in [1.165, 1.54) is 0 Å². The molecular weight excluding hydrogens is 209 g/mol. The van der Waals surface area contributed by atoms with Crippen LogP contribution in [0, 0.1) is 5.92 Å². The van der Waals surface area contributed by atoms with Crippen molar-refractivity contribution in [3.63, 3.8) is 0 Å². The number of hydrogen-bond donors (Lipinski definition) is 1. The van der Waals surface area contributed by atoms with Gasteiger partial charge in [-0.1, -0.05) is 19.8 Å². The molecule has 0 saturated heterocycles. The third kappa shape index (κ3) is 7.22. The molecular formula is C10H17F3O2. The SMILES string of the molecule is CCCC(CCCCC(=O)O)C(F)(F)F. The van der Waals surface area contributed by atoms with Crippen molar-refractivity contribution in [3.05, 3.63) is 0 Å². The summed E-state index contributed by atoms with van der Waals surface area (Å²) in [7, 11) is 0. The van der Waals surface area contributed by atoms with Gasteiger partial charge in [-0.05, 0) is 19.3 Å². The molecule has 0 aromatic carbocycles. The van der Waals surface area contributed by atoms with Crippen molar-refractivity contribution < 1.29 is 23.1 Å². The Morgan fingerprint density at radius 3 is 2.27 bits per heavy atom. The molecule has 0 aliphatic rings. The van der Waals surface area contributed by atoms with Crippen LogP contribution >= 0.6 is 0 Å². The number of carboxylic acid groups (broad SMARTS) is 1. The number of hydrogen-bond acceptors (Lipinski definition) is 1. The predicted molar refractivity (Wildman–Crippen MR) is 50.6 cm³/mol. The van der Waals surface area contributed by atoms with Gasteiger partial charge >= 0.3 is 12.1 Å². The Morgan fingerprint density at radius 1 is 1.27 bits per heavy atom. The van der Waals surface area contributed by atoms with Crippen molar-refractivity contribution in [3.8, 4) is 0 Å². The minimum Gasteiger partial charge on any atom is -0.481 e. The highest BCUT2D eigenvalue weighted by Gasteiger charge is 2.37. The van der Waals surface area contributed by atoms with E-state index in [0.29, 0.717) is 19.3 Å². The monoisotopic (exact) mass is 226 g/mol. The fourth-order valence-electron chi connectivity index (χ4n) is 1.49. The van der Waals surface area contributed by atoms with Gasteiger partial charge in [0.15, 0.2) is 0 Å². The first-order chi connectivity index (χ1) is 6.88. The summed E-state index contributed by atoms with van der Waals surface area (Å²) in [6, 6.07) is 0. The highest BCUT2D eigenvalue weighted by molar-refractivity contribution is 5.66. The average molecular weight is 226 g/mol. The molecule has 0 aromatic heterocycles. The largest absolute Gasteiger partial charge is 0.481 e. The Morgan fingerprint density at radius 2 is 1.87 bits per heavy atom. The van der Waals surface area contributed by atoms with Crippen LogP contribution < -0.4 is 0 Å². The molecule has 0 fully saturated rings. The number of unbranched alkanes of at least 4 members (excludes halogenated alkanes) is 1. The second kappa shape index (κ2) is 6.69. The summed E-state index contributed by atoms with van der Waals surface area (Å²) in [5, 5.41) is 8.32. The van der Waals surface area contributed by atoms with Crippen LogP contribution in [0.2, 0.25) is 0 Å². The maximum Gasteiger partial charge on any atom is 0.391 e. The Kier molecular flexibility index (Phi) is 6.36. The number of aliphatic carboxylic acids is 1. The molecule has 0 aromatic rings. The number of carbonyl (C=O) groups is 1. The van der Waals surface area contributed by atoms with Gasteiger partial charge in [-0.15, -0.1) is 0 Å². The quantitative estimate of drug-likeness (QED) is 0.673. The molecule has 2 nitrogen and oxygen atoms in total. The van der Waals surface area contributed by atoms with Crippen molar-refractivity contribution in [2.24, 2.45) is 5.92 Å². The molecule has 15 heavy (non-hydrogen) atoms. The second-order valence-electron chi connectivity index (χ2n) is 3.67. The molecule has 0 heterocycles. The van der Waals surface area contributed by atoms with E-state index in [9.17, 15) is 18.0 Å². The molecule has 0 amide bonds. The van der Waals surface area contributed by atoms with E-state index in [0.717, 1.165) is 0 Å². The van der Waals surface area contributed by atoms with Gasteiger partial charge in [-0.2, -0.15) is 13.2 Å². The Bertz CT molecular complexity index is 190. The Labute approximate surface area is 87.5 Å².